The van der Waals surface area contributed by atoms with Crippen LogP contribution in [0.4, 0.5) is 0 Å². The number of pyridine rings is 1. The van der Waals surface area contributed by atoms with E-state index in [2.05, 4.69) is 48.3 Å². The molecule has 0 radical (unpaired) electrons. The van der Waals surface area contributed by atoms with Gasteiger partial charge < -0.3 is 4.90 Å². The van der Waals surface area contributed by atoms with Crippen LogP contribution in [0.25, 0.3) is 6.20 Å². The molecule has 0 aliphatic carbocycles. The topological polar surface area (TPSA) is 28.5 Å². The summed E-state index contributed by atoms with van der Waals surface area (Å²) < 4.78 is 0. The number of para-hydroxylation sites is 1. The number of likely N-dealkylation sites (N-methyl/N-ethyl adjacent to an activating group) is 1. The molecule has 1 aromatic heterocycles. The molecule has 1 aromatic carbocycles. The molecule has 0 saturated carbocycles. The SMILES string of the molecule is CC1=C(Cc2cccnc2)N(C)C=c2ccccc2=N1. The molecule has 2 aromatic rings. The van der Waals surface area contributed by atoms with Gasteiger partial charge in [0.05, 0.1) is 11.1 Å². The van der Waals surface area contributed by atoms with Gasteiger partial charge in [-0.05, 0) is 24.6 Å². The molecule has 0 amide bonds. The van der Waals surface area contributed by atoms with Gasteiger partial charge in [-0.25, -0.2) is 0 Å². The van der Waals surface area contributed by atoms with Crippen molar-refractivity contribution in [3.63, 3.8) is 0 Å². The van der Waals surface area contributed by atoms with Gasteiger partial charge in [-0.2, -0.15) is 0 Å². The largest absolute Gasteiger partial charge is 0.352 e. The highest BCUT2D eigenvalue weighted by Gasteiger charge is 2.10. The second-order valence-corrected chi connectivity index (χ2v) is 4.98. The van der Waals surface area contributed by atoms with Crippen LogP contribution in [0.5, 0.6) is 0 Å². The van der Waals surface area contributed by atoms with Crippen molar-refractivity contribution in [2.45, 2.75) is 13.3 Å². The summed E-state index contributed by atoms with van der Waals surface area (Å²) in [4.78, 5) is 11.1. The molecule has 0 fully saturated rings. The molecule has 3 rings (SSSR count). The first-order valence-electron chi connectivity index (χ1n) is 6.71. The van der Waals surface area contributed by atoms with Crippen LogP contribution in [0.2, 0.25) is 0 Å². The lowest BCUT2D eigenvalue weighted by Gasteiger charge is -2.19. The Kier molecular flexibility index (Phi) is 3.33. The minimum Gasteiger partial charge on any atom is -0.352 e. The molecule has 1 aliphatic heterocycles. The molecule has 100 valence electrons. The van der Waals surface area contributed by atoms with Gasteiger partial charge in [-0.3, -0.25) is 9.98 Å². The predicted octanol–water partition coefficient (Wildman–Crippen LogP) is 1.86. The zero-order chi connectivity index (χ0) is 13.9. The van der Waals surface area contributed by atoms with Gasteiger partial charge in [0.25, 0.3) is 0 Å². The number of hydrogen-bond acceptors (Lipinski definition) is 3. The van der Waals surface area contributed by atoms with Crippen molar-refractivity contribution in [3.05, 3.63) is 76.3 Å². The molecule has 0 atom stereocenters. The minimum atomic E-state index is 0.837. The summed E-state index contributed by atoms with van der Waals surface area (Å²) in [6, 6.07) is 12.3. The van der Waals surface area contributed by atoms with Crippen LogP contribution < -0.4 is 10.6 Å². The molecule has 20 heavy (non-hydrogen) atoms. The van der Waals surface area contributed by atoms with Crippen LogP contribution in [-0.4, -0.2) is 16.9 Å². The first-order valence-corrected chi connectivity index (χ1v) is 6.71. The average molecular weight is 263 g/mol. The molecule has 3 heteroatoms. The van der Waals surface area contributed by atoms with Gasteiger partial charge in [0, 0.05) is 43.0 Å². The van der Waals surface area contributed by atoms with Gasteiger partial charge in [0.1, 0.15) is 0 Å². The molecule has 0 spiro atoms. The van der Waals surface area contributed by atoms with Crippen LogP contribution in [0.1, 0.15) is 12.5 Å². The molecule has 3 nitrogen and oxygen atoms in total. The molecular formula is C17H17N3. The maximum Gasteiger partial charge on any atom is 0.0720 e. The molecule has 0 unspecified atom stereocenters. The molecular weight excluding hydrogens is 246 g/mol. The van der Waals surface area contributed by atoms with Crippen molar-refractivity contribution in [3.8, 4) is 0 Å². The van der Waals surface area contributed by atoms with E-state index >= 15 is 0 Å². The van der Waals surface area contributed by atoms with Gasteiger partial charge in [-0.15, -0.1) is 0 Å². The smallest absolute Gasteiger partial charge is 0.0720 e. The third-order valence-corrected chi connectivity index (χ3v) is 3.50. The van der Waals surface area contributed by atoms with Crippen molar-refractivity contribution < 1.29 is 0 Å². The second-order valence-electron chi connectivity index (χ2n) is 4.98. The lowest BCUT2D eigenvalue weighted by atomic mass is 10.1. The van der Waals surface area contributed by atoms with E-state index in [0.717, 1.165) is 22.7 Å². The fourth-order valence-corrected chi connectivity index (χ4v) is 2.43. The summed E-state index contributed by atoms with van der Waals surface area (Å²) in [7, 11) is 2.08. The average Bonchev–Trinajstić information content (AvgIpc) is 2.58. The van der Waals surface area contributed by atoms with Crippen molar-refractivity contribution in [1.29, 1.82) is 0 Å². The van der Waals surface area contributed by atoms with Gasteiger partial charge in [0.2, 0.25) is 0 Å². The second kappa shape index (κ2) is 5.29. The fraction of sp³-hybridized carbons (Fsp3) is 0.176. The van der Waals surface area contributed by atoms with Crippen LogP contribution in [0.3, 0.4) is 0 Å². The highest BCUT2D eigenvalue weighted by Crippen LogP contribution is 2.16. The van der Waals surface area contributed by atoms with Crippen molar-refractivity contribution >= 4 is 6.20 Å². The van der Waals surface area contributed by atoms with Crippen molar-refractivity contribution in [2.75, 3.05) is 7.05 Å². The van der Waals surface area contributed by atoms with E-state index in [1.54, 1.807) is 6.20 Å². The Morgan fingerprint density at radius 3 is 2.75 bits per heavy atom. The van der Waals surface area contributed by atoms with Gasteiger partial charge in [0.15, 0.2) is 0 Å². The number of hydrogen-bond donors (Lipinski definition) is 0. The maximum absolute atomic E-state index is 4.75. The van der Waals surface area contributed by atoms with E-state index in [0.29, 0.717) is 0 Å². The Morgan fingerprint density at radius 1 is 1.10 bits per heavy atom. The standard InChI is InChI=1S/C17H17N3/c1-13-17(10-14-6-5-9-18-11-14)20(2)12-15-7-3-4-8-16(15)19-13/h3-9,11-12H,10H2,1-2H3. The zero-order valence-corrected chi connectivity index (χ0v) is 11.7. The quantitative estimate of drug-likeness (QED) is 0.827. The summed E-state index contributed by atoms with van der Waals surface area (Å²) >= 11 is 0. The third kappa shape index (κ3) is 2.48. The van der Waals surface area contributed by atoms with E-state index in [1.807, 2.05) is 24.4 Å². The van der Waals surface area contributed by atoms with E-state index in [-0.39, 0.29) is 0 Å². The number of fused-ring (bicyclic) bond motifs is 1. The zero-order valence-electron chi connectivity index (χ0n) is 11.7. The highest BCUT2D eigenvalue weighted by atomic mass is 15.1. The number of allylic oxidation sites excluding steroid dienone is 2. The lowest BCUT2D eigenvalue weighted by Crippen LogP contribution is -2.25. The molecule has 0 saturated heterocycles. The Balaban J connectivity index is 2.06. The summed E-state index contributed by atoms with van der Waals surface area (Å²) in [6.45, 7) is 2.07. The molecule has 2 heterocycles. The first kappa shape index (κ1) is 12.6. The monoisotopic (exact) mass is 263 g/mol. The number of rotatable bonds is 2. The van der Waals surface area contributed by atoms with Crippen LogP contribution in [-0.2, 0) is 6.42 Å². The number of benzene rings is 1. The van der Waals surface area contributed by atoms with Gasteiger partial charge in [-0.1, -0.05) is 24.3 Å². The van der Waals surface area contributed by atoms with E-state index in [1.165, 1.54) is 11.3 Å². The number of aromatic nitrogens is 1. The van der Waals surface area contributed by atoms with E-state index in [9.17, 15) is 0 Å². The van der Waals surface area contributed by atoms with Crippen LogP contribution in [0.15, 0.2) is 65.2 Å². The highest BCUT2D eigenvalue weighted by molar-refractivity contribution is 5.33. The Labute approximate surface area is 118 Å². The van der Waals surface area contributed by atoms with Gasteiger partial charge >= 0.3 is 0 Å². The molecule has 0 bridgehead atoms. The summed E-state index contributed by atoms with van der Waals surface area (Å²) in [6.07, 6.45) is 6.69. The minimum absolute atomic E-state index is 0.837. The van der Waals surface area contributed by atoms with Crippen molar-refractivity contribution in [1.82, 2.24) is 9.88 Å². The fourth-order valence-electron chi connectivity index (χ4n) is 2.43. The van der Waals surface area contributed by atoms with Crippen molar-refractivity contribution in [2.24, 2.45) is 4.99 Å². The lowest BCUT2D eigenvalue weighted by molar-refractivity contribution is 0.588. The van der Waals surface area contributed by atoms with Crippen LogP contribution >= 0.6 is 0 Å². The summed E-state index contributed by atoms with van der Waals surface area (Å²) in [5.41, 5.74) is 3.45. The third-order valence-electron chi connectivity index (χ3n) is 3.50. The predicted molar refractivity (Wildman–Crippen MR) is 80.1 cm³/mol. The summed E-state index contributed by atoms with van der Waals surface area (Å²) in [5.74, 6) is 0. The number of nitrogens with zero attached hydrogens (tertiary/aromatic N) is 3. The maximum atomic E-state index is 4.75. The Morgan fingerprint density at radius 2 is 1.95 bits per heavy atom. The Hall–Kier alpha value is -2.42. The normalized spacial score (nSPS) is 14.2. The Bertz CT molecular complexity index is 760. The van der Waals surface area contributed by atoms with E-state index < -0.39 is 0 Å². The van der Waals surface area contributed by atoms with Crippen LogP contribution in [0, 0.1) is 0 Å². The molecule has 0 N–H and O–H groups in total. The van der Waals surface area contributed by atoms with E-state index in [4.69, 9.17) is 4.99 Å². The molecule has 1 aliphatic rings. The summed E-state index contributed by atoms with van der Waals surface area (Å²) in [5, 5.41) is 2.17. The first-order chi connectivity index (χ1) is 9.74.